The molecule has 1 saturated heterocycles. The molecule has 1 fully saturated rings. The van der Waals surface area contributed by atoms with Gasteiger partial charge in [-0.2, -0.15) is 0 Å². The first kappa shape index (κ1) is 29.7. The highest BCUT2D eigenvalue weighted by molar-refractivity contribution is 7.13. The third-order valence-corrected chi connectivity index (χ3v) is 8.90. The van der Waals surface area contributed by atoms with E-state index in [1.54, 1.807) is 22.3 Å². The summed E-state index contributed by atoms with van der Waals surface area (Å²) in [6.45, 7) is 8.94. The number of thiazole rings is 1. The summed E-state index contributed by atoms with van der Waals surface area (Å²) >= 11 is 1.57. The van der Waals surface area contributed by atoms with E-state index in [-0.39, 0.29) is 43.1 Å². The molecule has 0 bridgehead atoms. The zero-order valence-corrected chi connectivity index (χ0v) is 25.3. The van der Waals surface area contributed by atoms with Gasteiger partial charge in [-0.3, -0.25) is 14.4 Å². The lowest BCUT2D eigenvalue weighted by Gasteiger charge is -2.35. The molecule has 2 aliphatic heterocycles. The number of hydrogen-bond donors (Lipinski definition) is 2. The number of β-amino-alcohol motifs (C(OH)–C–C–N with tert-alkyl or cyclic N) is 1. The van der Waals surface area contributed by atoms with E-state index in [4.69, 9.17) is 4.74 Å². The highest BCUT2D eigenvalue weighted by Crippen LogP contribution is 2.33. The molecule has 3 heterocycles. The summed E-state index contributed by atoms with van der Waals surface area (Å²) in [6.07, 6.45) is 0.155. The van der Waals surface area contributed by atoms with E-state index in [0.717, 1.165) is 33.7 Å². The van der Waals surface area contributed by atoms with Crippen molar-refractivity contribution < 1.29 is 24.2 Å². The van der Waals surface area contributed by atoms with E-state index >= 15 is 0 Å². The lowest BCUT2D eigenvalue weighted by Crippen LogP contribution is -2.55. The fourth-order valence-electron chi connectivity index (χ4n) is 5.82. The Balaban J connectivity index is 1.32. The molecule has 10 heteroatoms. The molecule has 2 aliphatic rings. The number of benzene rings is 2. The molecule has 222 valence electrons. The number of rotatable bonds is 10. The van der Waals surface area contributed by atoms with Gasteiger partial charge in [0.25, 0.3) is 5.91 Å². The fourth-order valence-corrected chi connectivity index (χ4v) is 6.63. The molecule has 3 aromatic rings. The molecule has 1 aromatic heterocycles. The number of nitrogens with one attached hydrogen (secondary N) is 1. The second-order valence-electron chi connectivity index (χ2n) is 11.3. The Morgan fingerprint density at radius 2 is 2.00 bits per heavy atom. The predicted molar refractivity (Wildman–Crippen MR) is 161 cm³/mol. The van der Waals surface area contributed by atoms with Crippen molar-refractivity contribution in [3.63, 3.8) is 0 Å². The number of aromatic nitrogens is 1. The molecule has 9 nitrogen and oxygen atoms in total. The van der Waals surface area contributed by atoms with E-state index in [1.165, 1.54) is 4.90 Å². The maximum atomic E-state index is 14.0. The van der Waals surface area contributed by atoms with E-state index in [2.05, 4.69) is 10.3 Å². The van der Waals surface area contributed by atoms with Gasteiger partial charge in [0, 0.05) is 37.2 Å². The summed E-state index contributed by atoms with van der Waals surface area (Å²) < 4.78 is 6.04. The molecule has 0 aliphatic carbocycles. The van der Waals surface area contributed by atoms with Crippen LogP contribution in [0.2, 0.25) is 0 Å². The summed E-state index contributed by atoms with van der Waals surface area (Å²) in [7, 11) is 0. The fraction of sp³-hybridized carbons (Fsp3) is 0.438. The summed E-state index contributed by atoms with van der Waals surface area (Å²) in [5, 5.41) is 13.5. The summed E-state index contributed by atoms with van der Waals surface area (Å²) in [4.78, 5) is 49.2. The number of aliphatic hydroxyl groups is 1. The van der Waals surface area contributed by atoms with Gasteiger partial charge >= 0.3 is 0 Å². The Hall–Kier alpha value is -3.76. The minimum atomic E-state index is -0.840. The molecule has 5 rings (SSSR count). The maximum Gasteiger partial charge on any atom is 0.255 e. The quantitative estimate of drug-likeness (QED) is 0.367. The standard InChI is InChI=1S/C32H38N4O5S/c1-5-12-41-27-13-21(29-20(4)34-18-42-29)10-11-22(27)15-33-30(38)26-14-24(37)17-35(26)32(40)28(19(2)3)36-16-23-8-6-7-9-25(23)31(36)39/h6-11,13,18-19,24,26,28,37H,5,12,14-17H2,1-4H3,(H,33,38)/t24-,26+,28+/m1/s1. The summed E-state index contributed by atoms with van der Waals surface area (Å²) in [5.74, 6) is -0.346. The van der Waals surface area contributed by atoms with Gasteiger partial charge < -0.3 is 25.0 Å². The number of carbonyl (C=O) groups is 3. The van der Waals surface area contributed by atoms with Gasteiger partial charge in [-0.05, 0) is 42.5 Å². The van der Waals surface area contributed by atoms with E-state index in [9.17, 15) is 19.5 Å². The van der Waals surface area contributed by atoms with Crippen molar-refractivity contribution in [3.8, 4) is 16.2 Å². The normalized spacial score (nSPS) is 18.9. The van der Waals surface area contributed by atoms with Crippen LogP contribution in [0.4, 0.5) is 0 Å². The maximum absolute atomic E-state index is 14.0. The molecule has 3 amide bonds. The summed E-state index contributed by atoms with van der Waals surface area (Å²) in [6, 6.07) is 11.7. The van der Waals surface area contributed by atoms with Crippen LogP contribution in [-0.2, 0) is 22.7 Å². The topological polar surface area (TPSA) is 112 Å². The molecular weight excluding hydrogens is 552 g/mol. The monoisotopic (exact) mass is 590 g/mol. The second-order valence-corrected chi connectivity index (χ2v) is 12.2. The average Bonchev–Trinajstić information content (AvgIpc) is 3.67. The zero-order valence-electron chi connectivity index (χ0n) is 24.5. The van der Waals surface area contributed by atoms with Gasteiger partial charge in [0.05, 0.1) is 28.8 Å². The van der Waals surface area contributed by atoms with Gasteiger partial charge in [0.1, 0.15) is 17.8 Å². The molecule has 0 saturated carbocycles. The minimum absolute atomic E-state index is 0.0445. The lowest BCUT2D eigenvalue weighted by molar-refractivity contribution is -0.143. The number of fused-ring (bicyclic) bond motifs is 1. The van der Waals surface area contributed by atoms with Crippen LogP contribution >= 0.6 is 11.3 Å². The van der Waals surface area contributed by atoms with Crippen molar-refractivity contribution in [2.45, 2.75) is 71.8 Å². The first-order valence-electron chi connectivity index (χ1n) is 14.5. The van der Waals surface area contributed by atoms with E-state index in [0.29, 0.717) is 24.5 Å². The van der Waals surface area contributed by atoms with Gasteiger partial charge in [-0.25, -0.2) is 4.98 Å². The first-order chi connectivity index (χ1) is 20.2. The number of likely N-dealkylation sites (tertiary alicyclic amines) is 1. The highest BCUT2D eigenvalue weighted by Gasteiger charge is 2.45. The Labute approximate surface area is 250 Å². The van der Waals surface area contributed by atoms with Gasteiger partial charge in [0.15, 0.2) is 0 Å². The van der Waals surface area contributed by atoms with Crippen molar-refractivity contribution in [1.29, 1.82) is 0 Å². The van der Waals surface area contributed by atoms with Crippen LogP contribution in [0.3, 0.4) is 0 Å². The van der Waals surface area contributed by atoms with Crippen LogP contribution in [-0.4, -0.2) is 69.0 Å². The van der Waals surface area contributed by atoms with Crippen LogP contribution < -0.4 is 10.1 Å². The Morgan fingerprint density at radius 1 is 1.21 bits per heavy atom. The zero-order chi connectivity index (χ0) is 30.0. The van der Waals surface area contributed by atoms with Crippen LogP contribution in [0, 0.1) is 12.8 Å². The molecule has 0 spiro atoms. The van der Waals surface area contributed by atoms with Gasteiger partial charge in [-0.15, -0.1) is 11.3 Å². The smallest absolute Gasteiger partial charge is 0.255 e. The molecule has 2 N–H and O–H groups in total. The average molecular weight is 591 g/mol. The van der Waals surface area contributed by atoms with Crippen molar-refractivity contribution in [2.75, 3.05) is 13.2 Å². The number of amides is 3. The highest BCUT2D eigenvalue weighted by atomic mass is 32.1. The minimum Gasteiger partial charge on any atom is -0.493 e. The molecule has 2 aromatic carbocycles. The Morgan fingerprint density at radius 3 is 2.69 bits per heavy atom. The number of ether oxygens (including phenoxy) is 1. The molecule has 0 unspecified atom stereocenters. The lowest BCUT2D eigenvalue weighted by atomic mass is 10.0. The number of carbonyl (C=O) groups excluding carboxylic acids is 3. The number of nitrogens with zero attached hydrogens (tertiary/aromatic N) is 3. The molecule has 3 atom stereocenters. The van der Waals surface area contributed by atoms with Crippen LogP contribution in [0.15, 0.2) is 48.0 Å². The SMILES string of the molecule is CCCOc1cc(-c2scnc2C)ccc1CNC(=O)[C@@H]1C[C@@H](O)CN1C(=O)[C@H](C(C)C)N1Cc2ccccc2C1=O. The Kier molecular flexibility index (Phi) is 8.93. The van der Waals surface area contributed by atoms with E-state index in [1.807, 2.05) is 69.6 Å². The van der Waals surface area contributed by atoms with Crippen molar-refractivity contribution in [2.24, 2.45) is 5.92 Å². The predicted octanol–water partition coefficient (Wildman–Crippen LogP) is 4.17. The van der Waals surface area contributed by atoms with Gasteiger partial charge in [-0.1, -0.05) is 51.1 Å². The summed E-state index contributed by atoms with van der Waals surface area (Å²) in [5.41, 5.74) is 6.08. The molecular formula is C32H38N4O5S. The molecule has 42 heavy (non-hydrogen) atoms. The second kappa shape index (κ2) is 12.6. The molecule has 0 radical (unpaired) electrons. The van der Waals surface area contributed by atoms with Crippen molar-refractivity contribution >= 4 is 29.1 Å². The van der Waals surface area contributed by atoms with Crippen LogP contribution in [0.5, 0.6) is 5.75 Å². The Bertz CT molecular complexity index is 1470. The van der Waals surface area contributed by atoms with E-state index < -0.39 is 18.2 Å². The van der Waals surface area contributed by atoms with Crippen molar-refractivity contribution in [1.82, 2.24) is 20.1 Å². The number of aliphatic hydroxyl groups excluding tert-OH is 1. The number of hydrogen-bond acceptors (Lipinski definition) is 7. The van der Waals surface area contributed by atoms with Crippen LogP contribution in [0.1, 0.15) is 60.8 Å². The van der Waals surface area contributed by atoms with Crippen LogP contribution in [0.25, 0.3) is 10.4 Å². The third kappa shape index (κ3) is 5.91. The first-order valence-corrected chi connectivity index (χ1v) is 15.4. The number of aryl methyl sites for hydroxylation is 1. The third-order valence-electron chi connectivity index (χ3n) is 7.92. The van der Waals surface area contributed by atoms with Crippen molar-refractivity contribution in [3.05, 3.63) is 70.4 Å². The van der Waals surface area contributed by atoms with Gasteiger partial charge in [0.2, 0.25) is 11.8 Å². The largest absolute Gasteiger partial charge is 0.493 e.